The highest BCUT2D eigenvalue weighted by Gasteiger charge is 2.23. The normalized spacial score (nSPS) is 15.9. The van der Waals surface area contributed by atoms with E-state index < -0.39 is 0 Å². The van der Waals surface area contributed by atoms with Crippen molar-refractivity contribution in [3.8, 4) is 11.5 Å². The monoisotopic (exact) mass is 364 g/mol. The van der Waals surface area contributed by atoms with E-state index in [9.17, 15) is 4.79 Å². The summed E-state index contributed by atoms with van der Waals surface area (Å²) in [7, 11) is 0. The molecule has 0 saturated heterocycles. The van der Waals surface area contributed by atoms with Crippen LogP contribution in [0.4, 0.5) is 0 Å². The first-order chi connectivity index (χ1) is 10.2. The number of ketones is 1. The largest absolute Gasteiger partial charge is 0.486 e. The van der Waals surface area contributed by atoms with Crippen molar-refractivity contribution in [3.63, 3.8) is 0 Å². The average Bonchev–Trinajstić information content (AvgIpc) is 3.07. The van der Waals surface area contributed by atoms with Gasteiger partial charge in [0.05, 0.1) is 4.88 Å². The van der Waals surface area contributed by atoms with Gasteiger partial charge < -0.3 is 9.47 Å². The molecule has 0 unspecified atom stereocenters. The second-order valence-electron chi connectivity index (χ2n) is 5.22. The summed E-state index contributed by atoms with van der Waals surface area (Å²) in [5.41, 5.74) is 1.98. The van der Waals surface area contributed by atoms with Crippen LogP contribution in [0.1, 0.15) is 32.1 Å². The number of benzene rings is 1. The van der Waals surface area contributed by atoms with Crippen LogP contribution in [0.15, 0.2) is 22.7 Å². The van der Waals surface area contributed by atoms with Gasteiger partial charge in [-0.1, -0.05) is 0 Å². The van der Waals surface area contributed by atoms with Crippen LogP contribution in [0, 0.1) is 0 Å². The Labute approximate surface area is 135 Å². The standard InChI is InChI=1S/C16H13BrO3S/c17-11-8-13-12(19-4-5-20-13)7-10(11)16(18)15-6-9-2-1-3-14(9)21-15/h6-8H,1-5H2. The number of hydrogen-bond acceptors (Lipinski definition) is 4. The molecule has 21 heavy (non-hydrogen) atoms. The van der Waals surface area contributed by atoms with Crippen LogP contribution in [0.25, 0.3) is 0 Å². The summed E-state index contributed by atoms with van der Waals surface area (Å²) in [6, 6.07) is 5.66. The number of halogens is 1. The molecule has 0 N–H and O–H groups in total. The minimum Gasteiger partial charge on any atom is -0.486 e. The van der Waals surface area contributed by atoms with Crippen molar-refractivity contribution in [3.05, 3.63) is 43.6 Å². The highest BCUT2D eigenvalue weighted by molar-refractivity contribution is 9.10. The minimum atomic E-state index is 0.0539. The van der Waals surface area contributed by atoms with Gasteiger partial charge in [-0.2, -0.15) is 0 Å². The lowest BCUT2D eigenvalue weighted by Crippen LogP contribution is -2.16. The van der Waals surface area contributed by atoms with E-state index in [1.54, 1.807) is 17.4 Å². The zero-order valence-electron chi connectivity index (χ0n) is 11.3. The van der Waals surface area contributed by atoms with Crippen molar-refractivity contribution in [2.75, 3.05) is 13.2 Å². The Morgan fingerprint density at radius 2 is 1.86 bits per heavy atom. The van der Waals surface area contributed by atoms with Crippen molar-refractivity contribution in [1.82, 2.24) is 0 Å². The lowest BCUT2D eigenvalue weighted by molar-refractivity contribution is 0.104. The fourth-order valence-electron chi connectivity index (χ4n) is 2.81. The summed E-state index contributed by atoms with van der Waals surface area (Å²) < 4.78 is 11.9. The van der Waals surface area contributed by atoms with E-state index >= 15 is 0 Å². The van der Waals surface area contributed by atoms with E-state index in [1.807, 2.05) is 6.07 Å². The Morgan fingerprint density at radius 3 is 2.62 bits per heavy atom. The van der Waals surface area contributed by atoms with Gasteiger partial charge in [0.2, 0.25) is 5.78 Å². The number of thiophene rings is 1. The first-order valence-corrected chi connectivity index (χ1v) is 8.59. The molecular formula is C16H13BrO3S. The number of rotatable bonds is 2. The molecule has 0 spiro atoms. The average molecular weight is 365 g/mol. The molecule has 1 aromatic heterocycles. The van der Waals surface area contributed by atoms with E-state index in [2.05, 4.69) is 22.0 Å². The molecular weight excluding hydrogens is 352 g/mol. The van der Waals surface area contributed by atoms with Gasteiger partial charge in [0, 0.05) is 14.9 Å². The summed E-state index contributed by atoms with van der Waals surface area (Å²) in [6.45, 7) is 1.07. The third-order valence-electron chi connectivity index (χ3n) is 3.85. The van der Waals surface area contributed by atoms with Crippen molar-refractivity contribution in [1.29, 1.82) is 0 Å². The van der Waals surface area contributed by atoms with Gasteiger partial charge in [0.25, 0.3) is 0 Å². The van der Waals surface area contributed by atoms with Crippen LogP contribution in [0.3, 0.4) is 0 Å². The van der Waals surface area contributed by atoms with Crippen LogP contribution >= 0.6 is 27.3 Å². The topological polar surface area (TPSA) is 35.5 Å². The summed E-state index contributed by atoms with van der Waals surface area (Å²) in [5.74, 6) is 1.40. The maximum atomic E-state index is 12.7. The van der Waals surface area contributed by atoms with Crippen molar-refractivity contribution in [2.24, 2.45) is 0 Å². The fraction of sp³-hybridized carbons (Fsp3) is 0.312. The smallest absolute Gasteiger partial charge is 0.204 e. The third-order valence-corrected chi connectivity index (χ3v) is 5.74. The van der Waals surface area contributed by atoms with Crippen molar-refractivity contribution < 1.29 is 14.3 Å². The van der Waals surface area contributed by atoms with E-state index in [0.717, 1.165) is 22.2 Å². The van der Waals surface area contributed by atoms with E-state index in [1.165, 1.54) is 16.9 Å². The van der Waals surface area contributed by atoms with Gasteiger partial charge in [-0.15, -0.1) is 11.3 Å². The van der Waals surface area contributed by atoms with Gasteiger partial charge in [0.1, 0.15) is 13.2 Å². The lowest BCUT2D eigenvalue weighted by atomic mass is 10.1. The molecule has 0 saturated carbocycles. The fourth-order valence-corrected chi connectivity index (χ4v) is 4.52. The second kappa shape index (κ2) is 5.14. The van der Waals surface area contributed by atoms with E-state index in [4.69, 9.17) is 9.47 Å². The SMILES string of the molecule is O=C(c1cc2c(s1)CCC2)c1cc2c(cc1Br)OCCO2. The lowest BCUT2D eigenvalue weighted by Gasteiger charge is -2.19. The number of carbonyl (C=O) groups excluding carboxylic acids is 1. The molecule has 0 bridgehead atoms. The molecule has 4 rings (SSSR count). The number of fused-ring (bicyclic) bond motifs is 2. The second-order valence-corrected chi connectivity index (χ2v) is 7.21. The Balaban J connectivity index is 1.73. The quantitative estimate of drug-likeness (QED) is 0.755. The Morgan fingerprint density at radius 1 is 1.10 bits per heavy atom. The molecule has 0 radical (unpaired) electrons. The maximum Gasteiger partial charge on any atom is 0.204 e. The van der Waals surface area contributed by atoms with Gasteiger partial charge in [-0.05, 0) is 59.0 Å². The summed E-state index contributed by atoms with van der Waals surface area (Å²) in [6.07, 6.45) is 3.42. The Bertz CT molecular complexity index is 714. The summed E-state index contributed by atoms with van der Waals surface area (Å²) >= 11 is 5.11. The highest BCUT2D eigenvalue weighted by atomic mass is 79.9. The number of hydrogen-bond donors (Lipinski definition) is 0. The summed E-state index contributed by atoms with van der Waals surface area (Å²) in [4.78, 5) is 14.9. The maximum absolute atomic E-state index is 12.7. The van der Waals surface area contributed by atoms with Crippen LogP contribution in [-0.2, 0) is 12.8 Å². The summed E-state index contributed by atoms with van der Waals surface area (Å²) in [5, 5.41) is 0. The molecule has 108 valence electrons. The number of aryl methyl sites for hydroxylation is 2. The molecule has 0 fully saturated rings. The van der Waals surface area contributed by atoms with Crippen molar-refractivity contribution >= 4 is 33.0 Å². The highest BCUT2D eigenvalue weighted by Crippen LogP contribution is 2.38. The van der Waals surface area contributed by atoms with Crippen LogP contribution < -0.4 is 9.47 Å². The first kappa shape index (κ1) is 13.3. The van der Waals surface area contributed by atoms with Crippen LogP contribution in [0.2, 0.25) is 0 Å². The molecule has 2 aliphatic rings. The molecule has 2 aromatic rings. The molecule has 2 heterocycles. The number of carbonyl (C=O) groups is 1. The number of ether oxygens (including phenoxy) is 2. The third kappa shape index (κ3) is 2.28. The molecule has 3 nitrogen and oxygen atoms in total. The predicted molar refractivity (Wildman–Crippen MR) is 84.9 cm³/mol. The Kier molecular flexibility index (Phi) is 3.27. The zero-order chi connectivity index (χ0) is 14.4. The minimum absolute atomic E-state index is 0.0539. The molecule has 5 heteroatoms. The molecule has 1 aliphatic heterocycles. The van der Waals surface area contributed by atoms with E-state index in [-0.39, 0.29) is 5.78 Å². The molecule has 1 aromatic carbocycles. The predicted octanol–water partition coefficient (Wildman–Crippen LogP) is 4.00. The van der Waals surface area contributed by atoms with Gasteiger partial charge in [0.15, 0.2) is 11.5 Å². The molecule has 1 aliphatic carbocycles. The van der Waals surface area contributed by atoms with Gasteiger partial charge in [-0.25, -0.2) is 0 Å². The van der Waals surface area contributed by atoms with E-state index in [0.29, 0.717) is 30.3 Å². The van der Waals surface area contributed by atoms with Crippen LogP contribution in [0.5, 0.6) is 11.5 Å². The first-order valence-electron chi connectivity index (χ1n) is 6.98. The van der Waals surface area contributed by atoms with Crippen molar-refractivity contribution in [2.45, 2.75) is 19.3 Å². The van der Waals surface area contributed by atoms with Gasteiger partial charge >= 0.3 is 0 Å². The molecule has 0 atom stereocenters. The zero-order valence-corrected chi connectivity index (χ0v) is 13.7. The van der Waals surface area contributed by atoms with Gasteiger partial charge in [-0.3, -0.25) is 4.79 Å². The molecule has 0 amide bonds. The van der Waals surface area contributed by atoms with Crippen LogP contribution in [-0.4, -0.2) is 19.0 Å². The Hall–Kier alpha value is -1.33.